The number of aryl methyl sites for hydroxylation is 1. The van der Waals surface area contributed by atoms with Crippen LogP contribution in [0.15, 0.2) is 22.7 Å². The molecule has 0 radical (unpaired) electrons. The number of alkyl halides is 3. The monoisotopic (exact) mass is 295 g/mol. The van der Waals surface area contributed by atoms with Gasteiger partial charge in [0, 0.05) is 11.5 Å². The van der Waals surface area contributed by atoms with Gasteiger partial charge in [-0.25, -0.2) is 0 Å². The Kier molecular flexibility index (Phi) is 3.62. The van der Waals surface area contributed by atoms with Gasteiger partial charge in [-0.3, -0.25) is 4.79 Å². The highest BCUT2D eigenvalue weighted by Crippen LogP contribution is 2.29. The maximum absolute atomic E-state index is 12.2. The van der Waals surface area contributed by atoms with Gasteiger partial charge in [0.25, 0.3) is 0 Å². The van der Waals surface area contributed by atoms with Crippen LogP contribution < -0.4 is 4.90 Å². The molecule has 0 unspecified atom stereocenters. The molecule has 6 heteroatoms. The summed E-state index contributed by atoms with van der Waals surface area (Å²) in [6.07, 6.45) is -4.86. The quantitative estimate of drug-likeness (QED) is 0.779. The fourth-order valence-corrected chi connectivity index (χ4v) is 1.94. The summed E-state index contributed by atoms with van der Waals surface area (Å²) in [6.45, 7) is 1.81. The zero-order valence-electron chi connectivity index (χ0n) is 8.60. The van der Waals surface area contributed by atoms with Crippen LogP contribution in [0.4, 0.5) is 18.9 Å². The van der Waals surface area contributed by atoms with E-state index in [1.54, 1.807) is 19.1 Å². The Labute approximate surface area is 99.2 Å². The van der Waals surface area contributed by atoms with Gasteiger partial charge in [0.2, 0.25) is 0 Å². The molecule has 0 saturated heterocycles. The van der Waals surface area contributed by atoms with Gasteiger partial charge in [0.05, 0.1) is 5.69 Å². The second kappa shape index (κ2) is 4.45. The standard InChI is InChI=1S/C10H9BrF3NO/c1-6-3-4-8(7(11)5-6)15(2)9(16)10(12,13)14/h3-5H,1-2H3. The number of halogens is 4. The van der Waals surface area contributed by atoms with E-state index in [-0.39, 0.29) is 5.69 Å². The van der Waals surface area contributed by atoms with Gasteiger partial charge in [0.1, 0.15) is 0 Å². The topological polar surface area (TPSA) is 20.3 Å². The van der Waals surface area contributed by atoms with E-state index < -0.39 is 12.1 Å². The maximum atomic E-state index is 12.2. The minimum atomic E-state index is -4.86. The van der Waals surface area contributed by atoms with Crippen LogP contribution in [0, 0.1) is 6.92 Å². The molecular formula is C10H9BrF3NO. The largest absolute Gasteiger partial charge is 0.471 e. The molecule has 0 aliphatic heterocycles. The number of hydrogen-bond donors (Lipinski definition) is 0. The molecule has 0 aromatic heterocycles. The zero-order chi connectivity index (χ0) is 12.5. The average Bonchev–Trinajstić information content (AvgIpc) is 2.14. The molecule has 0 bridgehead atoms. The highest BCUT2D eigenvalue weighted by atomic mass is 79.9. The molecule has 2 nitrogen and oxygen atoms in total. The van der Waals surface area contributed by atoms with Crippen molar-refractivity contribution in [1.82, 2.24) is 0 Å². The second-order valence-corrected chi connectivity index (χ2v) is 4.17. The van der Waals surface area contributed by atoms with Crippen LogP contribution in [-0.4, -0.2) is 19.1 Å². The van der Waals surface area contributed by atoms with E-state index in [0.29, 0.717) is 9.37 Å². The molecule has 0 spiro atoms. The number of anilines is 1. The normalized spacial score (nSPS) is 11.4. The Morgan fingerprint density at radius 3 is 2.38 bits per heavy atom. The Bertz CT molecular complexity index is 417. The van der Waals surface area contributed by atoms with Gasteiger partial charge >= 0.3 is 12.1 Å². The predicted octanol–water partition coefficient (Wildman–Crippen LogP) is 3.28. The Hall–Kier alpha value is -1.04. The summed E-state index contributed by atoms with van der Waals surface area (Å²) >= 11 is 3.12. The fraction of sp³-hybridized carbons (Fsp3) is 0.300. The Balaban J connectivity index is 3.06. The summed E-state index contributed by atoms with van der Waals surface area (Å²) in [7, 11) is 1.09. The van der Waals surface area contributed by atoms with E-state index in [4.69, 9.17) is 0 Å². The number of hydrogen-bond acceptors (Lipinski definition) is 1. The van der Waals surface area contributed by atoms with Crippen molar-refractivity contribution in [3.8, 4) is 0 Å². The van der Waals surface area contributed by atoms with E-state index in [1.807, 2.05) is 0 Å². The van der Waals surface area contributed by atoms with Crippen LogP contribution in [0.3, 0.4) is 0 Å². The molecule has 0 saturated carbocycles. The summed E-state index contributed by atoms with van der Waals surface area (Å²) in [5.74, 6) is -1.89. The van der Waals surface area contributed by atoms with Crippen LogP contribution in [0.1, 0.15) is 5.56 Å². The van der Waals surface area contributed by atoms with Crippen LogP contribution in [0.5, 0.6) is 0 Å². The van der Waals surface area contributed by atoms with E-state index in [2.05, 4.69) is 15.9 Å². The average molecular weight is 296 g/mol. The van der Waals surface area contributed by atoms with Gasteiger partial charge in [-0.15, -0.1) is 0 Å². The van der Waals surface area contributed by atoms with Crippen molar-refractivity contribution in [2.24, 2.45) is 0 Å². The van der Waals surface area contributed by atoms with Crippen LogP contribution in [0.25, 0.3) is 0 Å². The number of benzene rings is 1. The first-order valence-electron chi connectivity index (χ1n) is 4.34. The van der Waals surface area contributed by atoms with Crippen molar-refractivity contribution in [3.05, 3.63) is 28.2 Å². The predicted molar refractivity (Wildman–Crippen MR) is 58.3 cm³/mol. The summed E-state index contributed by atoms with van der Waals surface area (Å²) in [5, 5.41) is 0. The lowest BCUT2D eigenvalue weighted by Gasteiger charge is -2.20. The Morgan fingerprint density at radius 2 is 1.94 bits per heavy atom. The third-order valence-electron chi connectivity index (χ3n) is 2.01. The highest BCUT2D eigenvalue weighted by Gasteiger charge is 2.42. The van der Waals surface area contributed by atoms with Crippen molar-refractivity contribution in [3.63, 3.8) is 0 Å². The van der Waals surface area contributed by atoms with Gasteiger partial charge in [-0.05, 0) is 40.5 Å². The lowest BCUT2D eigenvalue weighted by molar-refractivity contribution is -0.170. The van der Waals surface area contributed by atoms with Gasteiger partial charge in [-0.1, -0.05) is 6.07 Å². The molecular weight excluding hydrogens is 287 g/mol. The molecule has 0 N–H and O–H groups in total. The van der Waals surface area contributed by atoms with Crippen molar-refractivity contribution < 1.29 is 18.0 Å². The molecule has 0 fully saturated rings. The SMILES string of the molecule is Cc1ccc(N(C)C(=O)C(F)(F)F)c(Br)c1. The van der Waals surface area contributed by atoms with Crippen molar-refractivity contribution in [2.45, 2.75) is 13.1 Å². The van der Waals surface area contributed by atoms with Crippen molar-refractivity contribution in [1.29, 1.82) is 0 Å². The number of carbonyl (C=O) groups excluding carboxylic acids is 1. The second-order valence-electron chi connectivity index (χ2n) is 3.32. The third-order valence-corrected chi connectivity index (χ3v) is 2.65. The summed E-state index contributed by atoms with van der Waals surface area (Å²) in [4.78, 5) is 11.6. The number of amides is 1. The lowest BCUT2D eigenvalue weighted by Crippen LogP contribution is -2.38. The van der Waals surface area contributed by atoms with E-state index in [1.165, 1.54) is 6.07 Å². The summed E-state index contributed by atoms with van der Waals surface area (Å²) in [5.41, 5.74) is 1.08. The molecule has 88 valence electrons. The fourth-order valence-electron chi connectivity index (χ4n) is 1.18. The van der Waals surface area contributed by atoms with Crippen LogP contribution >= 0.6 is 15.9 Å². The summed E-state index contributed by atoms with van der Waals surface area (Å²) in [6, 6.07) is 4.75. The molecule has 1 aromatic carbocycles. The van der Waals surface area contributed by atoms with Gasteiger partial charge in [-0.2, -0.15) is 13.2 Å². The minimum absolute atomic E-state index is 0.188. The lowest BCUT2D eigenvalue weighted by atomic mass is 10.2. The van der Waals surface area contributed by atoms with Crippen molar-refractivity contribution >= 4 is 27.5 Å². The number of nitrogens with zero attached hydrogens (tertiary/aromatic N) is 1. The smallest absolute Gasteiger partial charge is 0.307 e. The molecule has 0 aliphatic carbocycles. The van der Waals surface area contributed by atoms with E-state index in [0.717, 1.165) is 12.6 Å². The first-order valence-corrected chi connectivity index (χ1v) is 5.14. The van der Waals surface area contributed by atoms with Gasteiger partial charge in [0.15, 0.2) is 0 Å². The molecule has 0 atom stereocenters. The number of carbonyl (C=O) groups is 1. The highest BCUT2D eigenvalue weighted by molar-refractivity contribution is 9.10. The Morgan fingerprint density at radius 1 is 1.38 bits per heavy atom. The first-order chi connectivity index (χ1) is 7.23. The molecule has 1 rings (SSSR count). The van der Waals surface area contributed by atoms with E-state index >= 15 is 0 Å². The third kappa shape index (κ3) is 2.75. The first kappa shape index (κ1) is 13.0. The van der Waals surface area contributed by atoms with Crippen LogP contribution in [0.2, 0.25) is 0 Å². The number of rotatable bonds is 1. The zero-order valence-corrected chi connectivity index (χ0v) is 10.2. The molecule has 1 aromatic rings. The minimum Gasteiger partial charge on any atom is -0.307 e. The van der Waals surface area contributed by atoms with Crippen LogP contribution in [-0.2, 0) is 4.79 Å². The van der Waals surface area contributed by atoms with Crippen molar-refractivity contribution in [2.75, 3.05) is 11.9 Å². The molecule has 0 aliphatic rings. The molecule has 16 heavy (non-hydrogen) atoms. The maximum Gasteiger partial charge on any atom is 0.471 e. The van der Waals surface area contributed by atoms with Gasteiger partial charge < -0.3 is 4.90 Å². The molecule has 0 heterocycles. The molecule has 1 amide bonds. The van der Waals surface area contributed by atoms with E-state index in [9.17, 15) is 18.0 Å². The summed E-state index contributed by atoms with van der Waals surface area (Å²) < 4.78 is 37.0.